The number of amides is 1. The summed E-state index contributed by atoms with van der Waals surface area (Å²) in [5, 5.41) is 2.61. The van der Waals surface area contributed by atoms with Crippen LogP contribution < -0.4 is 5.32 Å². The summed E-state index contributed by atoms with van der Waals surface area (Å²) in [6, 6.07) is 15.1. The van der Waals surface area contributed by atoms with E-state index in [9.17, 15) is 19.2 Å². The van der Waals surface area contributed by atoms with Gasteiger partial charge in [0.05, 0.1) is 6.42 Å². The fourth-order valence-electron chi connectivity index (χ4n) is 2.33. The van der Waals surface area contributed by atoms with Gasteiger partial charge in [-0.05, 0) is 38.1 Å². The summed E-state index contributed by atoms with van der Waals surface area (Å²) < 4.78 is 5.08. The largest absolute Gasteiger partial charge is 0.453 e. The Balaban J connectivity index is 1.80. The standard InChI is InChI=1S/C21H21NO5/c1-14(23)16-8-10-18(11-9-16)22-21(26)15(2)27-20(25)13-12-19(24)17-6-4-3-5-7-17/h3-11,15H,12-13H2,1-2H3,(H,22,26)/t15-/m1/s1. The lowest BCUT2D eigenvalue weighted by atomic mass is 10.1. The summed E-state index contributed by atoms with van der Waals surface area (Å²) in [7, 11) is 0. The number of rotatable bonds is 8. The van der Waals surface area contributed by atoms with Crippen molar-refractivity contribution < 1.29 is 23.9 Å². The molecular weight excluding hydrogens is 346 g/mol. The van der Waals surface area contributed by atoms with Crippen LogP contribution in [0.25, 0.3) is 0 Å². The van der Waals surface area contributed by atoms with Gasteiger partial charge in [0.2, 0.25) is 0 Å². The summed E-state index contributed by atoms with van der Waals surface area (Å²) in [5.41, 5.74) is 1.56. The highest BCUT2D eigenvalue weighted by Crippen LogP contribution is 2.12. The molecule has 1 amide bonds. The van der Waals surface area contributed by atoms with Gasteiger partial charge in [-0.1, -0.05) is 30.3 Å². The third-order valence-corrected chi connectivity index (χ3v) is 3.89. The van der Waals surface area contributed by atoms with Crippen molar-refractivity contribution in [3.8, 4) is 0 Å². The second-order valence-electron chi connectivity index (χ2n) is 6.04. The number of ether oxygens (including phenoxy) is 1. The Morgan fingerprint density at radius 2 is 1.52 bits per heavy atom. The van der Waals surface area contributed by atoms with Gasteiger partial charge in [0.1, 0.15) is 0 Å². The summed E-state index contributed by atoms with van der Waals surface area (Å²) in [6.45, 7) is 2.91. The van der Waals surface area contributed by atoms with Crippen LogP contribution >= 0.6 is 0 Å². The third-order valence-electron chi connectivity index (χ3n) is 3.89. The molecule has 0 spiro atoms. The molecular formula is C21H21NO5. The minimum Gasteiger partial charge on any atom is -0.453 e. The number of carbonyl (C=O) groups excluding carboxylic acids is 4. The molecule has 0 saturated carbocycles. The van der Waals surface area contributed by atoms with Crippen molar-refractivity contribution in [1.82, 2.24) is 0 Å². The molecule has 27 heavy (non-hydrogen) atoms. The molecule has 2 aromatic carbocycles. The SMILES string of the molecule is CC(=O)c1ccc(NC(=O)[C@@H](C)OC(=O)CCC(=O)c2ccccc2)cc1. The van der Waals surface area contributed by atoms with Crippen LogP contribution in [0, 0.1) is 0 Å². The molecule has 1 N–H and O–H groups in total. The van der Waals surface area contributed by atoms with Gasteiger partial charge >= 0.3 is 5.97 Å². The van der Waals surface area contributed by atoms with E-state index in [1.807, 2.05) is 0 Å². The first kappa shape index (κ1) is 20.0. The predicted octanol–water partition coefficient (Wildman–Crippen LogP) is 3.42. The van der Waals surface area contributed by atoms with Crippen molar-refractivity contribution in [2.75, 3.05) is 5.32 Å². The van der Waals surface area contributed by atoms with Crippen LogP contribution in [-0.2, 0) is 14.3 Å². The molecule has 6 nitrogen and oxygen atoms in total. The average molecular weight is 367 g/mol. The molecule has 2 aromatic rings. The predicted molar refractivity (Wildman–Crippen MR) is 101 cm³/mol. The Bertz CT molecular complexity index is 827. The van der Waals surface area contributed by atoms with Crippen LogP contribution in [0.4, 0.5) is 5.69 Å². The molecule has 0 fully saturated rings. The van der Waals surface area contributed by atoms with Crippen molar-refractivity contribution in [1.29, 1.82) is 0 Å². The highest BCUT2D eigenvalue weighted by atomic mass is 16.5. The van der Waals surface area contributed by atoms with E-state index < -0.39 is 18.0 Å². The molecule has 0 unspecified atom stereocenters. The van der Waals surface area contributed by atoms with E-state index >= 15 is 0 Å². The summed E-state index contributed by atoms with van der Waals surface area (Å²) in [4.78, 5) is 47.2. The molecule has 2 rings (SSSR count). The highest BCUT2D eigenvalue weighted by Gasteiger charge is 2.19. The van der Waals surface area contributed by atoms with Crippen LogP contribution in [0.1, 0.15) is 47.4 Å². The zero-order valence-electron chi connectivity index (χ0n) is 15.2. The zero-order valence-corrected chi connectivity index (χ0v) is 15.2. The lowest BCUT2D eigenvalue weighted by Crippen LogP contribution is -2.30. The van der Waals surface area contributed by atoms with Crippen molar-refractivity contribution in [2.24, 2.45) is 0 Å². The number of carbonyl (C=O) groups is 4. The maximum atomic E-state index is 12.1. The second kappa shape index (κ2) is 9.43. The van der Waals surface area contributed by atoms with Gasteiger partial charge in [0.15, 0.2) is 17.7 Å². The van der Waals surface area contributed by atoms with Gasteiger partial charge in [-0.3, -0.25) is 19.2 Å². The Morgan fingerprint density at radius 3 is 2.11 bits per heavy atom. The third kappa shape index (κ3) is 6.18. The molecule has 6 heteroatoms. The number of benzene rings is 2. The molecule has 0 aliphatic rings. The minimum atomic E-state index is -1.00. The smallest absolute Gasteiger partial charge is 0.307 e. The molecule has 0 radical (unpaired) electrons. The van der Waals surface area contributed by atoms with E-state index in [0.29, 0.717) is 16.8 Å². The molecule has 140 valence electrons. The normalized spacial score (nSPS) is 11.3. The maximum absolute atomic E-state index is 12.1. The molecule has 0 aromatic heterocycles. The maximum Gasteiger partial charge on any atom is 0.307 e. The lowest BCUT2D eigenvalue weighted by Gasteiger charge is -2.13. The van der Waals surface area contributed by atoms with Gasteiger partial charge in [-0.25, -0.2) is 0 Å². The Kier molecular flexibility index (Phi) is 7.00. The first-order valence-electron chi connectivity index (χ1n) is 8.56. The average Bonchev–Trinajstić information content (AvgIpc) is 2.67. The Morgan fingerprint density at radius 1 is 0.889 bits per heavy atom. The van der Waals surface area contributed by atoms with Crippen LogP contribution in [0.15, 0.2) is 54.6 Å². The van der Waals surface area contributed by atoms with Crippen LogP contribution in [-0.4, -0.2) is 29.5 Å². The van der Waals surface area contributed by atoms with E-state index in [1.54, 1.807) is 54.6 Å². The van der Waals surface area contributed by atoms with Crippen LogP contribution in [0.3, 0.4) is 0 Å². The fraction of sp³-hybridized carbons (Fsp3) is 0.238. The number of ketones is 2. The minimum absolute atomic E-state index is 0.0176. The first-order valence-corrected chi connectivity index (χ1v) is 8.56. The first-order chi connectivity index (χ1) is 12.9. The van der Waals surface area contributed by atoms with Gasteiger partial charge in [0.25, 0.3) is 5.91 Å². The van der Waals surface area contributed by atoms with Gasteiger partial charge in [-0.2, -0.15) is 0 Å². The number of anilines is 1. The van der Waals surface area contributed by atoms with E-state index in [2.05, 4.69) is 5.32 Å². The van der Waals surface area contributed by atoms with Crippen molar-refractivity contribution in [2.45, 2.75) is 32.8 Å². The number of hydrogen-bond donors (Lipinski definition) is 1. The lowest BCUT2D eigenvalue weighted by molar-refractivity contribution is -0.153. The van der Waals surface area contributed by atoms with E-state index in [0.717, 1.165) is 0 Å². The topological polar surface area (TPSA) is 89.5 Å². The summed E-state index contributed by atoms with van der Waals surface area (Å²) in [5.74, 6) is -1.34. The quantitative estimate of drug-likeness (QED) is 0.570. The highest BCUT2D eigenvalue weighted by molar-refractivity contribution is 5.98. The van der Waals surface area contributed by atoms with E-state index in [-0.39, 0.29) is 24.4 Å². The fourth-order valence-corrected chi connectivity index (χ4v) is 2.33. The Hall–Kier alpha value is -3.28. The molecule has 0 aliphatic carbocycles. The number of esters is 1. The Labute approximate surface area is 157 Å². The van der Waals surface area contributed by atoms with Crippen molar-refractivity contribution >= 4 is 29.1 Å². The van der Waals surface area contributed by atoms with E-state index in [1.165, 1.54) is 13.8 Å². The second-order valence-corrected chi connectivity index (χ2v) is 6.04. The van der Waals surface area contributed by atoms with Crippen molar-refractivity contribution in [3.63, 3.8) is 0 Å². The molecule has 1 atom stereocenters. The number of nitrogens with one attached hydrogen (secondary N) is 1. The van der Waals surface area contributed by atoms with Crippen LogP contribution in [0.2, 0.25) is 0 Å². The molecule has 0 saturated heterocycles. The zero-order chi connectivity index (χ0) is 19.8. The van der Waals surface area contributed by atoms with Gasteiger partial charge in [0, 0.05) is 23.2 Å². The molecule has 0 heterocycles. The molecule has 0 aliphatic heterocycles. The summed E-state index contributed by atoms with van der Waals surface area (Å²) in [6.07, 6.45) is -1.08. The number of Topliss-reactive ketones (excluding diaryl/α,β-unsaturated/α-hetero) is 2. The van der Waals surface area contributed by atoms with Gasteiger partial charge < -0.3 is 10.1 Å². The monoisotopic (exact) mass is 367 g/mol. The number of hydrogen-bond acceptors (Lipinski definition) is 5. The van der Waals surface area contributed by atoms with Crippen molar-refractivity contribution in [3.05, 3.63) is 65.7 Å². The summed E-state index contributed by atoms with van der Waals surface area (Å²) >= 11 is 0. The van der Waals surface area contributed by atoms with Gasteiger partial charge in [-0.15, -0.1) is 0 Å². The molecule has 0 bridgehead atoms. The van der Waals surface area contributed by atoms with E-state index in [4.69, 9.17) is 4.74 Å². The van der Waals surface area contributed by atoms with Crippen LogP contribution in [0.5, 0.6) is 0 Å².